The number of nitrogens with zero attached hydrogens (tertiary/aromatic N) is 1. The van der Waals surface area contributed by atoms with Crippen LogP contribution in [-0.4, -0.2) is 43.2 Å². The molecule has 2 saturated heterocycles. The molecule has 0 spiro atoms. The van der Waals surface area contributed by atoms with Gasteiger partial charge >= 0.3 is 5.97 Å². The first kappa shape index (κ1) is 14.5. The third kappa shape index (κ3) is 3.11. The molecule has 4 nitrogen and oxygen atoms in total. The molecule has 21 heavy (non-hydrogen) atoms. The summed E-state index contributed by atoms with van der Waals surface area (Å²) in [5, 5.41) is 0. The number of rotatable bonds is 3. The summed E-state index contributed by atoms with van der Waals surface area (Å²) in [7, 11) is 0. The summed E-state index contributed by atoms with van der Waals surface area (Å²) in [6.45, 7) is 6.88. The van der Waals surface area contributed by atoms with Crippen LogP contribution in [0.15, 0.2) is 18.2 Å². The van der Waals surface area contributed by atoms with E-state index in [0.29, 0.717) is 24.3 Å². The van der Waals surface area contributed by atoms with Crippen molar-refractivity contribution in [2.45, 2.75) is 32.7 Å². The second-order valence-corrected chi connectivity index (χ2v) is 6.15. The zero-order valence-electron chi connectivity index (χ0n) is 12.8. The van der Waals surface area contributed by atoms with Gasteiger partial charge in [-0.2, -0.15) is 0 Å². The molecule has 2 aliphatic heterocycles. The van der Waals surface area contributed by atoms with E-state index in [4.69, 9.17) is 9.47 Å². The van der Waals surface area contributed by atoms with Gasteiger partial charge < -0.3 is 9.47 Å². The summed E-state index contributed by atoms with van der Waals surface area (Å²) in [6.07, 6.45) is 2.29. The smallest absolute Gasteiger partial charge is 0.325 e. The molecule has 0 saturated carbocycles. The summed E-state index contributed by atoms with van der Waals surface area (Å²) in [6, 6.07) is 6.31. The van der Waals surface area contributed by atoms with Gasteiger partial charge in [0, 0.05) is 12.6 Å². The number of aryl methyl sites for hydroxylation is 2. The van der Waals surface area contributed by atoms with Gasteiger partial charge in [-0.15, -0.1) is 0 Å². The molecule has 2 atom stereocenters. The fraction of sp³-hybridized carbons (Fsp3) is 0.588. The number of likely N-dealkylation sites (tertiary alicyclic amines) is 1. The Bertz CT molecular complexity index is 509. The van der Waals surface area contributed by atoms with Gasteiger partial charge in [-0.25, -0.2) is 0 Å². The Labute approximate surface area is 126 Å². The van der Waals surface area contributed by atoms with Crippen molar-refractivity contribution in [3.63, 3.8) is 0 Å². The minimum Gasteiger partial charge on any atom is -0.425 e. The fourth-order valence-electron chi connectivity index (χ4n) is 3.47. The van der Waals surface area contributed by atoms with Gasteiger partial charge in [0.15, 0.2) is 0 Å². The average Bonchev–Trinajstić information content (AvgIpc) is 2.87. The van der Waals surface area contributed by atoms with Crippen LogP contribution in [0, 0.1) is 19.8 Å². The molecule has 114 valence electrons. The van der Waals surface area contributed by atoms with Crippen molar-refractivity contribution in [1.82, 2.24) is 4.90 Å². The summed E-state index contributed by atoms with van der Waals surface area (Å²) >= 11 is 0. The molecule has 1 aromatic rings. The van der Waals surface area contributed by atoms with Crippen LogP contribution >= 0.6 is 0 Å². The Kier molecular flexibility index (Phi) is 4.27. The van der Waals surface area contributed by atoms with Crippen LogP contribution in [0.3, 0.4) is 0 Å². The molecule has 2 heterocycles. The molecule has 0 amide bonds. The van der Waals surface area contributed by atoms with E-state index < -0.39 is 0 Å². The SMILES string of the molecule is Cc1cccc(C)c1OC(=O)CN1CCC2CCOCC21. The standard InChI is InChI=1S/C17H23NO3/c1-12-4-3-5-13(2)17(12)21-16(19)10-18-8-6-14-7-9-20-11-15(14)18/h3-5,14-15H,6-11H2,1-2H3. The van der Waals surface area contributed by atoms with Crippen LogP contribution in [0.25, 0.3) is 0 Å². The predicted octanol–water partition coefficient (Wildman–Crippen LogP) is 2.32. The summed E-state index contributed by atoms with van der Waals surface area (Å²) in [5.41, 5.74) is 2.01. The van der Waals surface area contributed by atoms with Crippen LogP contribution < -0.4 is 4.74 Å². The highest BCUT2D eigenvalue weighted by Crippen LogP contribution is 2.30. The highest BCUT2D eigenvalue weighted by molar-refractivity contribution is 5.75. The third-order valence-electron chi connectivity index (χ3n) is 4.68. The van der Waals surface area contributed by atoms with Crippen molar-refractivity contribution in [3.8, 4) is 5.75 Å². The van der Waals surface area contributed by atoms with Gasteiger partial charge in [-0.05, 0) is 50.3 Å². The van der Waals surface area contributed by atoms with Crippen LogP contribution in [0.2, 0.25) is 0 Å². The van der Waals surface area contributed by atoms with Gasteiger partial charge in [-0.3, -0.25) is 9.69 Å². The summed E-state index contributed by atoms with van der Waals surface area (Å²) in [4.78, 5) is 14.5. The maximum atomic E-state index is 12.2. The van der Waals surface area contributed by atoms with E-state index in [0.717, 1.165) is 37.3 Å². The molecule has 0 aliphatic carbocycles. The molecule has 3 rings (SSSR count). The van der Waals surface area contributed by atoms with E-state index in [1.54, 1.807) is 0 Å². The summed E-state index contributed by atoms with van der Waals surface area (Å²) < 4.78 is 11.2. The molecule has 0 bridgehead atoms. The van der Waals surface area contributed by atoms with Crippen molar-refractivity contribution in [2.75, 3.05) is 26.3 Å². The lowest BCUT2D eigenvalue weighted by atomic mass is 9.96. The quantitative estimate of drug-likeness (QED) is 0.632. The highest BCUT2D eigenvalue weighted by Gasteiger charge is 2.37. The molecule has 2 aliphatic rings. The number of carbonyl (C=O) groups excluding carboxylic acids is 1. The molecular weight excluding hydrogens is 266 g/mol. The van der Waals surface area contributed by atoms with E-state index in [9.17, 15) is 4.79 Å². The first-order chi connectivity index (χ1) is 10.1. The summed E-state index contributed by atoms with van der Waals surface area (Å²) in [5.74, 6) is 1.23. The van der Waals surface area contributed by atoms with Crippen molar-refractivity contribution in [1.29, 1.82) is 0 Å². The van der Waals surface area contributed by atoms with E-state index >= 15 is 0 Å². The molecule has 4 heteroatoms. The first-order valence-corrected chi connectivity index (χ1v) is 7.74. The van der Waals surface area contributed by atoms with E-state index in [1.807, 2.05) is 32.0 Å². The molecule has 2 fully saturated rings. The van der Waals surface area contributed by atoms with Crippen LogP contribution in [0.1, 0.15) is 24.0 Å². The maximum Gasteiger partial charge on any atom is 0.325 e. The van der Waals surface area contributed by atoms with Gasteiger partial charge in [0.25, 0.3) is 0 Å². The van der Waals surface area contributed by atoms with Crippen LogP contribution in [0.5, 0.6) is 5.75 Å². The van der Waals surface area contributed by atoms with E-state index in [1.165, 1.54) is 6.42 Å². The zero-order chi connectivity index (χ0) is 14.8. The Balaban J connectivity index is 1.62. The predicted molar refractivity (Wildman–Crippen MR) is 80.5 cm³/mol. The molecule has 2 unspecified atom stereocenters. The fourth-order valence-corrected chi connectivity index (χ4v) is 3.47. The number of hydrogen-bond donors (Lipinski definition) is 0. The number of benzene rings is 1. The number of hydrogen-bond acceptors (Lipinski definition) is 4. The first-order valence-electron chi connectivity index (χ1n) is 7.74. The molecule has 0 radical (unpaired) electrons. The van der Waals surface area contributed by atoms with Crippen LogP contribution in [-0.2, 0) is 9.53 Å². The van der Waals surface area contributed by atoms with Crippen LogP contribution in [0.4, 0.5) is 0 Å². The zero-order valence-corrected chi connectivity index (χ0v) is 12.8. The minimum absolute atomic E-state index is 0.168. The number of fused-ring (bicyclic) bond motifs is 1. The number of para-hydroxylation sites is 1. The third-order valence-corrected chi connectivity index (χ3v) is 4.68. The van der Waals surface area contributed by atoms with Gasteiger partial charge in [0.05, 0.1) is 13.2 Å². The molecule has 0 N–H and O–H groups in total. The minimum atomic E-state index is -0.168. The lowest BCUT2D eigenvalue weighted by molar-refractivity contribution is -0.136. The number of ether oxygens (including phenoxy) is 2. The molecule has 1 aromatic carbocycles. The molecular formula is C17H23NO3. The van der Waals surface area contributed by atoms with E-state index in [2.05, 4.69) is 4.90 Å². The van der Waals surface area contributed by atoms with E-state index in [-0.39, 0.29) is 5.97 Å². The maximum absolute atomic E-state index is 12.2. The monoisotopic (exact) mass is 289 g/mol. The topological polar surface area (TPSA) is 38.8 Å². The lowest BCUT2D eigenvalue weighted by Gasteiger charge is -2.31. The molecule has 0 aromatic heterocycles. The number of esters is 1. The second kappa shape index (κ2) is 6.16. The van der Waals surface area contributed by atoms with Crippen molar-refractivity contribution >= 4 is 5.97 Å². The Morgan fingerprint density at radius 3 is 2.86 bits per heavy atom. The van der Waals surface area contributed by atoms with Gasteiger partial charge in [-0.1, -0.05) is 18.2 Å². The lowest BCUT2D eigenvalue weighted by Crippen LogP contribution is -2.43. The highest BCUT2D eigenvalue weighted by atomic mass is 16.5. The average molecular weight is 289 g/mol. The van der Waals surface area contributed by atoms with Gasteiger partial charge in [0.2, 0.25) is 0 Å². The largest absolute Gasteiger partial charge is 0.425 e. The second-order valence-electron chi connectivity index (χ2n) is 6.15. The van der Waals surface area contributed by atoms with Gasteiger partial charge in [0.1, 0.15) is 5.75 Å². The van der Waals surface area contributed by atoms with Crippen molar-refractivity contribution < 1.29 is 14.3 Å². The Hall–Kier alpha value is -1.39. The van der Waals surface area contributed by atoms with Crippen molar-refractivity contribution in [2.24, 2.45) is 5.92 Å². The van der Waals surface area contributed by atoms with Crippen molar-refractivity contribution in [3.05, 3.63) is 29.3 Å². The normalized spacial score (nSPS) is 25.6. The number of carbonyl (C=O) groups is 1. The Morgan fingerprint density at radius 1 is 1.33 bits per heavy atom. The Morgan fingerprint density at radius 2 is 2.10 bits per heavy atom.